The number of amides is 7. The molecule has 45 nitrogen and oxygen atoms in total. The number of hydrogen-bond acceptors (Lipinski definition) is 38. The highest BCUT2D eigenvalue weighted by atomic mass is 32.2. The summed E-state index contributed by atoms with van der Waals surface area (Å²) in [5, 5.41) is 14.5. The first-order valence-corrected chi connectivity index (χ1v) is 49.9. The van der Waals surface area contributed by atoms with E-state index in [4.69, 9.17) is 102 Å². The zero-order chi connectivity index (χ0) is 101. The van der Waals surface area contributed by atoms with Crippen molar-refractivity contribution in [1.29, 1.82) is 0 Å². The predicted octanol–water partition coefficient (Wildman–Crippen LogP) is 6.85. The second-order valence-electron chi connectivity index (χ2n) is 32.7. The third-order valence-corrected chi connectivity index (χ3v) is 22.7. The van der Waals surface area contributed by atoms with Crippen LogP contribution < -0.4 is 58.0 Å². The molecule has 2 unspecified atom stereocenters. The van der Waals surface area contributed by atoms with Gasteiger partial charge in [0.2, 0.25) is 65.0 Å². The van der Waals surface area contributed by atoms with Gasteiger partial charge < -0.3 is 139 Å². The Kier molecular flexibility index (Phi) is 56.0. The van der Waals surface area contributed by atoms with E-state index in [-0.39, 0.29) is 182 Å². The van der Waals surface area contributed by atoms with Crippen LogP contribution in [0.5, 0.6) is 17.6 Å². The lowest BCUT2D eigenvalue weighted by Crippen LogP contribution is -2.53. The van der Waals surface area contributed by atoms with E-state index in [1.54, 1.807) is 6.21 Å². The van der Waals surface area contributed by atoms with E-state index >= 15 is 0 Å². The fourth-order valence-corrected chi connectivity index (χ4v) is 14.7. The van der Waals surface area contributed by atoms with Gasteiger partial charge in [0.15, 0.2) is 11.3 Å². The normalized spacial score (nSPS) is 13.2. The SMILES string of the molecule is CCCCCC(=O)NCCOCCOCCOCCNC(=O)NC(CCC(=O)CCCOCCOCCOCCOCc1ccc(COc2nc(N)nc3nc[nH]c23)cc1)(CCC(=O)NCCOCCOCCOCCOCc1ccc(COc2nc(N)nc3c2N=CC3)cc1)CCC(=O)NCCOCCOCCOCCOCc1ccc(COc2nc(N)nc3nc[nH]c23)cc1.CCN1C(=O)CC(SC)C1=O. The minimum Gasteiger partial charge on any atom is -0.471 e. The van der Waals surface area contributed by atoms with Gasteiger partial charge in [0.1, 0.15) is 42.3 Å². The fourth-order valence-electron chi connectivity index (χ4n) is 14.1. The Bertz CT molecular complexity index is 4840. The van der Waals surface area contributed by atoms with Crippen LogP contribution in [0.2, 0.25) is 0 Å². The number of benzene rings is 3. The number of H-pyrrole nitrogens is 2. The molecular formula is C97H142N20O25S. The van der Waals surface area contributed by atoms with Crippen molar-refractivity contribution in [2.24, 2.45) is 4.99 Å². The van der Waals surface area contributed by atoms with Crippen LogP contribution in [0.25, 0.3) is 22.3 Å². The van der Waals surface area contributed by atoms with Gasteiger partial charge in [-0.2, -0.15) is 36.7 Å². The fraction of sp³-hybridized carbons (Fsp3) is 0.588. The number of aromatic amines is 2. The summed E-state index contributed by atoms with van der Waals surface area (Å²) in [4.78, 5) is 134. The maximum atomic E-state index is 14.0. The van der Waals surface area contributed by atoms with Crippen molar-refractivity contribution >= 4 is 105 Å². The van der Waals surface area contributed by atoms with Gasteiger partial charge in [-0.3, -0.25) is 38.7 Å². The lowest BCUT2D eigenvalue weighted by molar-refractivity contribution is -0.138. The van der Waals surface area contributed by atoms with E-state index in [0.717, 1.165) is 58.3 Å². The second kappa shape index (κ2) is 69.5. The van der Waals surface area contributed by atoms with Crippen molar-refractivity contribution in [2.75, 3.05) is 235 Å². The quantitative estimate of drug-likeness (QED) is 0.0137. The van der Waals surface area contributed by atoms with Gasteiger partial charge in [0.05, 0.1) is 215 Å². The Morgan fingerprint density at radius 2 is 0.755 bits per heavy atom. The molecular weight excluding hydrogens is 1880 g/mol. The molecule has 2 aliphatic rings. The molecule has 13 N–H and O–H groups in total. The number of ether oxygens (including phenoxy) is 18. The second-order valence-corrected chi connectivity index (χ2v) is 33.8. The number of Topliss-reactive ketones (excluding diaryl/α,β-unsaturated/α-hetero) is 1. The number of carbonyl (C=O) groups excluding carboxylic acids is 7. The zero-order valence-electron chi connectivity index (χ0n) is 82.3. The number of nitrogens with zero attached hydrogens (tertiary/aromatic N) is 10. The number of ketones is 1. The molecule has 2 aliphatic heterocycles. The summed E-state index contributed by atoms with van der Waals surface area (Å²) in [5.41, 5.74) is 25.4. The molecule has 8 aromatic rings. The lowest BCUT2D eigenvalue weighted by Gasteiger charge is -2.35. The number of unbranched alkanes of at least 4 members (excludes halogenated alkanes) is 2. The van der Waals surface area contributed by atoms with Crippen molar-refractivity contribution in [3.63, 3.8) is 0 Å². The molecule has 46 heteroatoms. The lowest BCUT2D eigenvalue weighted by atomic mass is 9.82. The largest absolute Gasteiger partial charge is 0.471 e. The summed E-state index contributed by atoms with van der Waals surface area (Å²) < 4.78 is 104. The summed E-state index contributed by atoms with van der Waals surface area (Å²) in [6.07, 6.45) is 11.8. The number of aromatic nitrogens is 10. The summed E-state index contributed by atoms with van der Waals surface area (Å²) in [7, 11) is 0. The Labute approximate surface area is 837 Å². The molecule has 3 aromatic carbocycles. The molecule has 1 saturated heterocycles. The molecule has 0 aliphatic carbocycles. The van der Waals surface area contributed by atoms with Gasteiger partial charge in [-0.1, -0.05) is 92.6 Å². The third kappa shape index (κ3) is 46.9. The number of fused-ring (bicyclic) bond motifs is 3. The van der Waals surface area contributed by atoms with Gasteiger partial charge in [0.25, 0.3) is 0 Å². The maximum absolute atomic E-state index is 14.0. The molecule has 786 valence electrons. The number of aliphatic imine (C=N–C) groups is 1. The molecule has 0 saturated carbocycles. The number of imide groups is 1. The van der Waals surface area contributed by atoms with Gasteiger partial charge in [-0.15, -0.1) is 0 Å². The first kappa shape index (κ1) is 115. The number of urea groups is 1. The van der Waals surface area contributed by atoms with E-state index in [2.05, 4.69) is 88.3 Å². The van der Waals surface area contributed by atoms with E-state index in [1.165, 1.54) is 29.3 Å². The number of nitrogen functional groups attached to an aromatic ring is 3. The Balaban J connectivity index is 0.00000193. The van der Waals surface area contributed by atoms with Crippen LogP contribution in [-0.4, -0.2) is 330 Å². The molecule has 143 heavy (non-hydrogen) atoms. The first-order chi connectivity index (χ1) is 69.9. The summed E-state index contributed by atoms with van der Waals surface area (Å²) >= 11 is 1.45. The number of hydrogen-bond donors (Lipinski definition) is 10. The highest BCUT2D eigenvalue weighted by Gasteiger charge is 2.37. The summed E-state index contributed by atoms with van der Waals surface area (Å²) in [5.74, 6) is 0.547. The number of thioether (sulfide) groups is 1. The molecule has 7 amide bonds. The van der Waals surface area contributed by atoms with E-state index < -0.39 is 11.6 Å². The molecule has 0 spiro atoms. The standard InChI is InChI=1S/C90H131N19O23.C7H11NO2S/c1-2-3-4-7-75(111)94-28-33-116-38-43-121-46-41-119-36-31-98-89(114)109-90(24-20-73(110)6-5-32-115-37-42-120-47-50-124-53-56-128-60-68-10-16-71(17-11-68)63-131-84-79-81(101-65-99-79)104-87(92)107-84,25-21-76(112)95-29-34-117-39-44-122-48-51-125-54-57-127-59-67-8-14-70(15-9-67)62-130-83-78-74(23-27-97-78)103-86(91)106-83)26-22-77(113)96-30-35-118-40-45-123-49-52-126-55-58-129-61-69-12-18-72(19-13-69)64-132-85-80-82(102-66-100-80)105-88(93)108-85;1-3-8-6(9)4-5(11-2)7(8)10/h8-19,27,65-66H,2-7,20-26,28-64H2,1H3,(H,94,111)(H,95,112)(H,96,113)(H2,91,103,106)(H2,98,109,114)(H3,92,99,101,104,107)(H3,93,100,102,105,108);5H,3-4H2,1-2H3. The van der Waals surface area contributed by atoms with Gasteiger partial charge in [-0.05, 0) is 78.7 Å². The number of anilines is 3. The molecule has 5 aromatic heterocycles. The number of likely N-dealkylation sites (tertiary alicyclic amines) is 1. The Morgan fingerprint density at radius 1 is 0.406 bits per heavy atom. The van der Waals surface area contributed by atoms with Crippen molar-refractivity contribution in [3.05, 3.63) is 125 Å². The molecule has 0 radical (unpaired) electrons. The number of carbonyl (C=O) groups is 7. The van der Waals surface area contributed by atoms with Crippen LogP contribution in [0.4, 0.5) is 28.3 Å². The van der Waals surface area contributed by atoms with Crippen molar-refractivity contribution in [2.45, 2.75) is 154 Å². The molecule has 1 fully saturated rings. The third-order valence-electron chi connectivity index (χ3n) is 21.8. The van der Waals surface area contributed by atoms with E-state index in [9.17, 15) is 33.6 Å². The molecule has 0 bridgehead atoms. The minimum atomic E-state index is -1.21. The zero-order valence-corrected chi connectivity index (χ0v) is 83.1. The van der Waals surface area contributed by atoms with Gasteiger partial charge in [-0.25, -0.2) is 19.7 Å². The predicted molar refractivity (Wildman–Crippen MR) is 530 cm³/mol. The average molecular weight is 2020 g/mol. The first-order valence-electron chi connectivity index (χ1n) is 48.6. The Morgan fingerprint density at radius 3 is 1.14 bits per heavy atom. The Hall–Kier alpha value is -11.5. The summed E-state index contributed by atoms with van der Waals surface area (Å²) in [6, 6.07) is 23.0. The van der Waals surface area contributed by atoms with Crippen LogP contribution in [-0.2, 0) is 146 Å². The number of imidazole rings is 2. The van der Waals surface area contributed by atoms with Crippen LogP contribution in [0.1, 0.15) is 136 Å². The van der Waals surface area contributed by atoms with E-state index in [1.807, 2.05) is 86.0 Å². The van der Waals surface area contributed by atoms with Gasteiger partial charge in [0, 0.05) is 96.0 Å². The number of rotatable bonds is 80. The number of nitrogens with one attached hydrogen (secondary N) is 7. The molecule has 7 heterocycles. The molecule has 2 atom stereocenters. The molecule has 10 rings (SSSR count). The van der Waals surface area contributed by atoms with Crippen molar-refractivity contribution in [1.82, 2.24) is 81.3 Å². The smallest absolute Gasteiger partial charge is 0.315 e. The maximum Gasteiger partial charge on any atom is 0.315 e. The topological polar surface area (TPSA) is 574 Å². The monoisotopic (exact) mass is 2020 g/mol. The van der Waals surface area contributed by atoms with Crippen LogP contribution in [0.15, 0.2) is 90.4 Å². The highest BCUT2D eigenvalue weighted by molar-refractivity contribution is 8.00. The van der Waals surface area contributed by atoms with E-state index in [0.29, 0.717) is 243 Å². The number of nitrogens with two attached hydrogens (primary N) is 3. The summed E-state index contributed by atoms with van der Waals surface area (Å²) in [6.45, 7) is 16.0. The van der Waals surface area contributed by atoms with Crippen LogP contribution in [0, 0.1) is 0 Å². The minimum absolute atomic E-state index is 0.0155. The highest BCUT2D eigenvalue weighted by Crippen LogP contribution is 2.34. The van der Waals surface area contributed by atoms with Gasteiger partial charge >= 0.3 is 6.03 Å². The van der Waals surface area contributed by atoms with Crippen LogP contribution in [0.3, 0.4) is 0 Å². The average Bonchev–Trinajstić information content (AvgIpc) is 1.66. The van der Waals surface area contributed by atoms with Crippen molar-refractivity contribution < 1.29 is 119 Å². The van der Waals surface area contributed by atoms with Crippen LogP contribution >= 0.6 is 11.8 Å². The van der Waals surface area contributed by atoms with Crippen molar-refractivity contribution in [3.8, 4) is 17.6 Å².